The first-order chi connectivity index (χ1) is 12.0. The molecule has 3 rings (SSSR count). The molecular weight excluding hydrogens is 316 g/mol. The highest BCUT2D eigenvalue weighted by molar-refractivity contribution is 5.90. The molecule has 2 unspecified atom stereocenters. The molecule has 1 heterocycles. The van der Waals surface area contributed by atoms with E-state index in [2.05, 4.69) is 19.9 Å². The number of hydrogen-bond acceptors (Lipinski definition) is 4. The maximum Gasteiger partial charge on any atom is 0.334 e. The van der Waals surface area contributed by atoms with Gasteiger partial charge in [-0.2, -0.15) is 0 Å². The number of esters is 2. The van der Waals surface area contributed by atoms with Gasteiger partial charge in [-0.05, 0) is 48.7 Å². The lowest BCUT2D eigenvalue weighted by molar-refractivity contribution is -0.137. The van der Waals surface area contributed by atoms with Crippen molar-refractivity contribution in [2.75, 3.05) is 13.7 Å². The molecule has 0 saturated heterocycles. The van der Waals surface area contributed by atoms with E-state index >= 15 is 0 Å². The Labute approximate surface area is 149 Å². The highest BCUT2D eigenvalue weighted by Gasteiger charge is 2.39. The Morgan fingerprint density at radius 1 is 1.44 bits per heavy atom. The van der Waals surface area contributed by atoms with Crippen LogP contribution in [0.2, 0.25) is 0 Å². The fourth-order valence-corrected chi connectivity index (χ4v) is 4.20. The summed E-state index contributed by atoms with van der Waals surface area (Å²) in [6, 6.07) is 0. The third-order valence-electron chi connectivity index (χ3n) is 6.09. The highest BCUT2D eigenvalue weighted by Crippen LogP contribution is 2.50. The lowest BCUT2D eigenvalue weighted by Gasteiger charge is -2.43. The molecule has 0 aromatic rings. The number of carbonyl (C=O) groups is 2. The SMILES string of the molecule is COC(=O)C1=CC=CC2=C(CCC(C)C2(C)CCC2=CCOC2=O)C1. The van der Waals surface area contributed by atoms with Crippen LogP contribution in [0.15, 0.2) is 46.6 Å². The Morgan fingerprint density at radius 3 is 2.92 bits per heavy atom. The Balaban J connectivity index is 1.85. The van der Waals surface area contributed by atoms with Gasteiger partial charge in [-0.1, -0.05) is 37.6 Å². The third kappa shape index (κ3) is 3.35. The summed E-state index contributed by atoms with van der Waals surface area (Å²) in [5, 5.41) is 0. The van der Waals surface area contributed by atoms with Crippen molar-refractivity contribution in [1.82, 2.24) is 0 Å². The molecule has 0 saturated carbocycles. The van der Waals surface area contributed by atoms with Crippen LogP contribution in [0.1, 0.15) is 46.0 Å². The molecule has 3 aliphatic rings. The van der Waals surface area contributed by atoms with E-state index in [-0.39, 0.29) is 17.4 Å². The van der Waals surface area contributed by atoms with Crippen molar-refractivity contribution in [2.45, 2.75) is 46.0 Å². The summed E-state index contributed by atoms with van der Waals surface area (Å²) in [5.41, 5.74) is 4.16. The topological polar surface area (TPSA) is 52.6 Å². The molecule has 1 aliphatic heterocycles. The van der Waals surface area contributed by atoms with E-state index in [1.807, 2.05) is 18.2 Å². The van der Waals surface area contributed by atoms with Crippen molar-refractivity contribution >= 4 is 11.9 Å². The molecule has 25 heavy (non-hydrogen) atoms. The monoisotopic (exact) mass is 342 g/mol. The standard InChI is InChI=1S/C21H26O4/c1-14-7-8-16-13-17(19(22)24-3)5-4-6-18(16)21(14,2)11-9-15-10-12-25-20(15)23/h4-6,10,14H,7-9,11-13H2,1-3H3. The van der Waals surface area contributed by atoms with Gasteiger partial charge in [0, 0.05) is 17.6 Å². The lowest BCUT2D eigenvalue weighted by Crippen LogP contribution is -2.32. The van der Waals surface area contributed by atoms with E-state index in [0.717, 1.165) is 31.3 Å². The molecule has 2 atom stereocenters. The quantitative estimate of drug-likeness (QED) is 0.724. The fourth-order valence-electron chi connectivity index (χ4n) is 4.20. The van der Waals surface area contributed by atoms with Crippen LogP contribution >= 0.6 is 0 Å². The predicted molar refractivity (Wildman–Crippen MR) is 95.7 cm³/mol. The minimum Gasteiger partial charge on any atom is -0.466 e. The van der Waals surface area contributed by atoms with Crippen LogP contribution in [-0.4, -0.2) is 25.7 Å². The van der Waals surface area contributed by atoms with Crippen molar-refractivity contribution in [2.24, 2.45) is 11.3 Å². The summed E-state index contributed by atoms with van der Waals surface area (Å²) < 4.78 is 9.93. The third-order valence-corrected chi connectivity index (χ3v) is 6.09. The summed E-state index contributed by atoms with van der Waals surface area (Å²) >= 11 is 0. The number of rotatable bonds is 4. The smallest absolute Gasteiger partial charge is 0.334 e. The van der Waals surface area contributed by atoms with Gasteiger partial charge in [0.25, 0.3) is 0 Å². The summed E-state index contributed by atoms with van der Waals surface area (Å²) in [5.74, 6) is 0.0958. The molecule has 134 valence electrons. The predicted octanol–water partition coefficient (Wildman–Crippen LogP) is 4.04. The molecule has 0 radical (unpaired) electrons. The molecule has 0 spiro atoms. The van der Waals surface area contributed by atoms with Crippen LogP contribution in [0, 0.1) is 11.3 Å². The molecule has 4 nitrogen and oxygen atoms in total. The minimum absolute atomic E-state index is 0.00674. The van der Waals surface area contributed by atoms with Crippen molar-refractivity contribution in [1.29, 1.82) is 0 Å². The minimum atomic E-state index is -0.252. The average molecular weight is 342 g/mol. The molecule has 0 amide bonds. The van der Waals surface area contributed by atoms with Crippen LogP contribution in [0.4, 0.5) is 0 Å². The van der Waals surface area contributed by atoms with Gasteiger partial charge in [0.1, 0.15) is 6.61 Å². The Kier molecular flexibility index (Phi) is 4.98. The van der Waals surface area contributed by atoms with Gasteiger partial charge in [0.2, 0.25) is 0 Å². The number of ether oxygens (including phenoxy) is 2. The second-order valence-corrected chi connectivity index (χ2v) is 7.42. The molecule has 0 bridgehead atoms. The van der Waals surface area contributed by atoms with E-state index in [4.69, 9.17) is 9.47 Å². The summed E-state index contributed by atoms with van der Waals surface area (Å²) in [7, 11) is 1.43. The molecule has 0 N–H and O–H groups in total. The van der Waals surface area contributed by atoms with Gasteiger partial charge >= 0.3 is 11.9 Å². The van der Waals surface area contributed by atoms with Crippen LogP contribution in [-0.2, 0) is 19.1 Å². The van der Waals surface area contributed by atoms with E-state index in [0.29, 0.717) is 24.5 Å². The molecule has 0 aromatic heterocycles. The molecule has 2 aliphatic carbocycles. The van der Waals surface area contributed by atoms with Gasteiger partial charge < -0.3 is 9.47 Å². The molecular formula is C21H26O4. The Morgan fingerprint density at radius 2 is 2.24 bits per heavy atom. The maximum atomic E-state index is 11.9. The number of carbonyl (C=O) groups excluding carboxylic acids is 2. The van der Waals surface area contributed by atoms with Crippen LogP contribution in [0.25, 0.3) is 0 Å². The van der Waals surface area contributed by atoms with Gasteiger partial charge in [0.05, 0.1) is 7.11 Å². The van der Waals surface area contributed by atoms with Gasteiger partial charge in [-0.3, -0.25) is 0 Å². The van der Waals surface area contributed by atoms with Crippen LogP contribution in [0.5, 0.6) is 0 Å². The van der Waals surface area contributed by atoms with Crippen molar-refractivity contribution in [3.05, 3.63) is 46.6 Å². The summed E-state index contributed by atoms with van der Waals surface area (Å²) in [4.78, 5) is 23.7. The number of cyclic esters (lactones) is 1. The van der Waals surface area contributed by atoms with E-state index in [1.165, 1.54) is 18.3 Å². The molecule has 0 fully saturated rings. The average Bonchev–Trinajstić information content (AvgIpc) is 2.88. The van der Waals surface area contributed by atoms with Crippen LogP contribution in [0.3, 0.4) is 0 Å². The summed E-state index contributed by atoms with van der Waals surface area (Å²) in [6.07, 6.45) is 12.3. The van der Waals surface area contributed by atoms with E-state index in [9.17, 15) is 9.59 Å². The normalized spacial score (nSPS) is 28.8. The first-order valence-electron chi connectivity index (χ1n) is 9.00. The first-order valence-corrected chi connectivity index (χ1v) is 9.00. The van der Waals surface area contributed by atoms with E-state index < -0.39 is 0 Å². The molecule has 0 aromatic carbocycles. The number of methoxy groups -OCH3 is 1. The zero-order valence-electron chi connectivity index (χ0n) is 15.3. The van der Waals surface area contributed by atoms with Gasteiger partial charge in [0.15, 0.2) is 0 Å². The second kappa shape index (κ2) is 7.03. The highest BCUT2D eigenvalue weighted by atomic mass is 16.5. The van der Waals surface area contributed by atoms with Crippen LogP contribution < -0.4 is 0 Å². The number of hydrogen-bond donors (Lipinski definition) is 0. The van der Waals surface area contributed by atoms with Crippen molar-refractivity contribution in [3.63, 3.8) is 0 Å². The van der Waals surface area contributed by atoms with Crippen molar-refractivity contribution < 1.29 is 19.1 Å². The molecule has 4 heteroatoms. The fraction of sp³-hybridized carbons (Fsp3) is 0.524. The zero-order chi connectivity index (χ0) is 18.0. The lowest BCUT2D eigenvalue weighted by atomic mass is 9.62. The number of allylic oxidation sites excluding steroid dienone is 5. The maximum absolute atomic E-state index is 11.9. The largest absolute Gasteiger partial charge is 0.466 e. The van der Waals surface area contributed by atoms with E-state index in [1.54, 1.807) is 0 Å². The zero-order valence-corrected chi connectivity index (χ0v) is 15.3. The second-order valence-electron chi connectivity index (χ2n) is 7.42. The van der Waals surface area contributed by atoms with Crippen molar-refractivity contribution in [3.8, 4) is 0 Å². The Hall–Kier alpha value is -2.10. The van der Waals surface area contributed by atoms with Gasteiger partial charge in [-0.15, -0.1) is 0 Å². The first kappa shape index (κ1) is 17.7. The van der Waals surface area contributed by atoms with Gasteiger partial charge in [-0.25, -0.2) is 9.59 Å². The summed E-state index contributed by atoms with van der Waals surface area (Å²) in [6.45, 7) is 4.99. The Bertz CT molecular complexity index is 707.